The summed E-state index contributed by atoms with van der Waals surface area (Å²) in [4.78, 5) is 12.2. The van der Waals surface area contributed by atoms with Gasteiger partial charge in [-0.15, -0.1) is 0 Å². The van der Waals surface area contributed by atoms with Crippen molar-refractivity contribution in [3.63, 3.8) is 0 Å². The Bertz CT molecular complexity index is 1450. The van der Waals surface area contributed by atoms with E-state index in [9.17, 15) is 8.42 Å². The predicted octanol–water partition coefficient (Wildman–Crippen LogP) is 4.59. The summed E-state index contributed by atoms with van der Waals surface area (Å²) in [5, 5.41) is 1.16. The fourth-order valence-corrected chi connectivity index (χ4v) is 4.03. The number of benzene rings is 1. The molecule has 4 rings (SSSR count). The molecule has 7 nitrogen and oxygen atoms in total. The van der Waals surface area contributed by atoms with Crippen LogP contribution >= 0.6 is 11.6 Å². The largest absolute Gasteiger partial charge is 0.396 e. The number of pyridine rings is 2. The second kappa shape index (κ2) is 7.13. The Balaban J connectivity index is 2.03. The molecule has 30 heavy (non-hydrogen) atoms. The second-order valence-electron chi connectivity index (χ2n) is 6.89. The van der Waals surface area contributed by atoms with E-state index in [4.69, 9.17) is 23.9 Å². The molecule has 0 saturated heterocycles. The number of aryl methyl sites for hydroxylation is 1. The smallest absolute Gasteiger partial charge is 0.190 e. The minimum atomic E-state index is -3.35. The van der Waals surface area contributed by atoms with Crippen LogP contribution in [0.5, 0.6) is 0 Å². The molecular formula is C21H16ClN5O2S. The van der Waals surface area contributed by atoms with E-state index in [1.165, 1.54) is 18.5 Å². The summed E-state index contributed by atoms with van der Waals surface area (Å²) in [5.41, 5.74) is 9.80. The summed E-state index contributed by atoms with van der Waals surface area (Å²) in [6.45, 7) is 9.31. The first-order valence-corrected chi connectivity index (χ1v) is 11.1. The molecule has 0 fully saturated rings. The summed E-state index contributed by atoms with van der Waals surface area (Å²) in [6.07, 6.45) is 7.39. The number of halogens is 1. The Morgan fingerprint density at radius 2 is 1.93 bits per heavy atom. The Labute approximate surface area is 178 Å². The van der Waals surface area contributed by atoms with Gasteiger partial charge < -0.3 is 10.3 Å². The maximum Gasteiger partial charge on any atom is 0.190 e. The number of sulfone groups is 1. The van der Waals surface area contributed by atoms with E-state index in [2.05, 4.69) is 14.8 Å². The lowest BCUT2D eigenvalue weighted by Gasteiger charge is -2.07. The molecule has 0 aliphatic heterocycles. The highest BCUT2D eigenvalue weighted by molar-refractivity contribution is 7.90. The van der Waals surface area contributed by atoms with Crippen molar-refractivity contribution in [3.05, 3.63) is 71.1 Å². The molecule has 0 amide bonds. The number of fused-ring (bicyclic) bond motifs is 1. The zero-order chi connectivity index (χ0) is 21.6. The zero-order valence-corrected chi connectivity index (χ0v) is 17.7. The zero-order valence-electron chi connectivity index (χ0n) is 16.1. The average Bonchev–Trinajstić information content (AvgIpc) is 3.07. The van der Waals surface area contributed by atoms with E-state index in [1.807, 2.05) is 23.8 Å². The van der Waals surface area contributed by atoms with Crippen molar-refractivity contribution < 1.29 is 8.42 Å². The Morgan fingerprint density at radius 1 is 1.17 bits per heavy atom. The van der Waals surface area contributed by atoms with Crippen LogP contribution in [0.4, 0.5) is 11.4 Å². The maximum atomic E-state index is 11.8. The number of anilines is 1. The highest BCUT2D eigenvalue weighted by Crippen LogP contribution is 2.40. The molecule has 0 radical (unpaired) electrons. The third kappa shape index (κ3) is 3.28. The van der Waals surface area contributed by atoms with Gasteiger partial charge in [-0.3, -0.25) is 4.98 Å². The highest BCUT2D eigenvalue weighted by Gasteiger charge is 2.18. The predicted molar refractivity (Wildman–Crippen MR) is 118 cm³/mol. The Morgan fingerprint density at radius 3 is 2.57 bits per heavy atom. The number of hydrogen-bond donors (Lipinski definition) is 1. The Hall–Kier alpha value is -3.41. The van der Waals surface area contributed by atoms with Crippen LogP contribution in [0.1, 0.15) is 5.56 Å². The van der Waals surface area contributed by atoms with Gasteiger partial charge in [-0.2, -0.15) is 0 Å². The normalized spacial score (nSPS) is 11.5. The minimum absolute atomic E-state index is 0.137. The highest BCUT2D eigenvalue weighted by atomic mass is 35.5. The van der Waals surface area contributed by atoms with Gasteiger partial charge in [0.1, 0.15) is 5.82 Å². The third-order valence-corrected chi connectivity index (χ3v) is 6.36. The summed E-state index contributed by atoms with van der Waals surface area (Å²) >= 11 is 6.44. The molecule has 0 atom stereocenters. The number of nitrogen functional groups attached to an aromatic ring is 1. The number of hydrogen-bond acceptors (Lipinski definition) is 5. The van der Waals surface area contributed by atoms with Crippen LogP contribution in [0.3, 0.4) is 0 Å². The van der Waals surface area contributed by atoms with Crippen molar-refractivity contribution in [3.8, 4) is 16.9 Å². The van der Waals surface area contributed by atoms with Gasteiger partial charge >= 0.3 is 0 Å². The van der Waals surface area contributed by atoms with E-state index in [0.29, 0.717) is 27.8 Å². The third-order valence-electron chi connectivity index (χ3n) is 4.84. The molecule has 3 aromatic heterocycles. The van der Waals surface area contributed by atoms with Crippen LogP contribution in [-0.2, 0) is 9.84 Å². The van der Waals surface area contributed by atoms with Crippen LogP contribution in [0, 0.1) is 13.5 Å². The summed E-state index contributed by atoms with van der Waals surface area (Å²) in [5.74, 6) is 0.529. The first-order valence-electron chi connectivity index (χ1n) is 8.79. The van der Waals surface area contributed by atoms with Gasteiger partial charge in [0.25, 0.3) is 0 Å². The molecule has 0 spiro atoms. The quantitative estimate of drug-likeness (QED) is 0.473. The fourth-order valence-electron chi connectivity index (χ4n) is 3.27. The maximum absolute atomic E-state index is 11.8. The molecule has 0 aliphatic rings. The monoisotopic (exact) mass is 437 g/mol. The molecule has 3 heterocycles. The molecule has 0 bridgehead atoms. The van der Waals surface area contributed by atoms with Gasteiger partial charge in [-0.1, -0.05) is 11.6 Å². The van der Waals surface area contributed by atoms with E-state index in [0.717, 1.165) is 28.3 Å². The van der Waals surface area contributed by atoms with E-state index >= 15 is 0 Å². The minimum Gasteiger partial charge on any atom is -0.396 e. The van der Waals surface area contributed by atoms with Gasteiger partial charge in [0, 0.05) is 36.0 Å². The number of rotatable bonds is 3. The fraction of sp³-hybridized carbons (Fsp3) is 0.0952. The Kier molecular flexibility index (Phi) is 4.73. The number of aromatic nitrogens is 3. The van der Waals surface area contributed by atoms with Crippen molar-refractivity contribution >= 4 is 43.7 Å². The standard InChI is InChI=1S/C21H16ClN5O2S/c1-12-6-19-14(7-18(12)24-2)16(15-9-25-10-17(23)21(15)22)11-27(19)20-5-4-13(8-26-20)30(3,28)29/h4-11H,23H2,1,3H3. The molecule has 1 aromatic carbocycles. The molecule has 4 aromatic rings. The molecule has 0 saturated carbocycles. The molecule has 0 aliphatic carbocycles. The van der Waals surface area contributed by atoms with E-state index in [1.54, 1.807) is 18.3 Å². The molecule has 2 N–H and O–H groups in total. The van der Waals surface area contributed by atoms with E-state index < -0.39 is 9.84 Å². The SMILES string of the molecule is [C-]#[N+]c1cc2c(-c3cncc(N)c3Cl)cn(-c3ccc(S(C)(=O)=O)cn3)c2cc1C. The first-order chi connectivity index (χ1) is 14.2. The van der Waals surface area contributed by atoms with Crippen molar-refractivity contribution in [1.29, 1.82) is 0 Å². The van der Waals surface area contributed by atoms with Crippen LogP contribution < -0.4 is 5.73 Å². The van der Waals surface area contributed by atoms with Crippen molar-refractivity contribution in [2.45, 2.75) is 11.8 Å². The number of nitrogens with zero attached hydrogens (tertiary/aromatic N) is 4. The number of nitrogens with two attached hydrogens (primary N) is 1. The lowest BCUT2D eigenvalue weighted by Crippen LogP contribution is -2.01. The van der Waals surface area contributed by atoms with Crippen LogP contribution in [0.2, 0.25) is 5.02 Å². The van der Waals surface area contributed by atoms with E-state index in [-0.39, 0.29) is 4.90 Å². The molecular weight excluding hydrogens is 422 g/mol. The van der Waals surface area contributed by atoms with Crippen LogP contribution in [-0.4, -0.2) is 29.2 Å². The van der Waals surface area contributed by atoms with Crippen LogP contribution in [0.15, 0.2) is 53.9 Å². The molecule has 150 valence electrons. The lowest BCUT2D eigenvalue weighted by atomic mass is 10.0. The van der Waals surface area contributed by atoms with Gasteiger partial charge in [-0.25, -0.2) is 18.2 Å². The second-order valence-corrected chi connectivity index (χ2v) is 9.29. The van der Waals surface area contributed by atoms with Crippen molar-refractivity contribution in [2.75, 3.05) is 12.0 Å². The van der Waals surface area contributed by atoms with Gasteiger partial charge in [-0.05, 0) is 42.1 Å². The van der Waals surface area contributed by atoms with Crippen molar-refractivity contribution in [1.82, 2.24) is 14.5 Å². The average molecular weight is 438 g/mol. The van der Waals surface area contributed by atoms with Gasteiger partial charge in [0.05, 0.1) is 33.9 Å². The molecule has 9 heteroatoms. The van der Waals surface area contributed by atoms with Crippen LogP contribution in [0.25, 0.3) is 32.7 Å². The van der Waals surface area contributed by atoms with Crippen molar-refractivity contribution in [2.24, 2.45) is 0 Å². The summed E-state index contributed by atoms with van der Waals surface area (Å²) in [7, 11) is -3.35. The molecule has 0 unspecified atom stereocenters. The van der Waals surface area contributed by atoms with Gasteiger partial charge in [0.15, 0.2) is 15.5 Å². The van der Waals surface area contributed by atoms with Gasteiger partial charge in [0.2, 0.25) is 0 Å². The lowest BCUT2D eigenvalue weighted by molar-refractivity contribution is 0.601. The topological polar surface area (TPSA) is 95.2 Å². The summed E-state index contributed by atoms with van der Waals surface area (Å²) < 4.78 is 25.3. The summed E-state index contributed by atoms with van der Waals surface area (Å²) in [6, 6.07) is 6.84. The first kappa shape index (κ1) is 19.9.